The van der Waals surface area contributed by atoms with Gasteiger partial charge < -0.3 is 16.2 Å². The van der Waals surface area contributed by atoms with Crippen LogP contribution in [0.2, 0.25) is 0 Å². The third kappa shape index (κ3) is 3.40. The molecule has 1 aromatic rings. The van der Waals surface area contributed by atoms with E-state index in [4.69, 9.17) is 16.2 Å². The van der Waals surface area contributed by atoms with E-state index in [1.165, 1.54) is 0 Å². The Balaban J connectivity index is 2.10. The predicted molar refractivity (Wildman–Crippen MR) is 76.0 cm³/mol. The van der Waals surface area contributed by atoms with Crippen molar-refractivity contribution in [2.24, 2.45) is 11.1 Å². The van der Waals surface area contributed by atoms with E-state index in [1.807, 2.05) is 0 Å². The summed E-state index contributed by atoms with van der Waals surface area (Å²) >= 11 is 0. The van der Waals surface area contributed by atoms with Gasteiger partial charge in [0.05, 0.1) is 11.7 Å². The Morgan fingerprint density at radius 2 is 1.95 bits per heavy atom. The van der Waals surface area contributed by atoms with E-state index in [0.717, 1.165) is 25.7 Å². The molecule has 1 aliphatic carbocycles. The Morgan fingerprint density at radius 1 is 1.32 bits per heavy atom. The molecule has 4 N–H and O–H groups in total. The number of primary amides is 1. The summed E-state index contributed by atoms with van der Waals surface area (Å²) < 4.78 is 5.94. The summed E-state index contributed by atoms with van der Waals surface area (Å²) in [6.45, 7) is 4.56. The van der Waals surface area contributed by atoms with Gasteiger partial charge in [0.1, 0.15) is 5.75 Å². The van der Waals surface area contributed by atoms with E-state index in [9.17, 15) is 4.79 Å². The van der Waals surface area contributed by atoms with Gasteiger partial charge in [-0.2, -0.15) is 0 Å². The number of amides is 1. The minimum absolute atomic E-state index is 0.162. The van der Waals surface area contributed by atoms with Gasteiger partial charge in [-0.05, 0) is 49.3 Å². The zero-order chi connectivity index (χ0) is 14.0. The number of nitrogen functional groups attached to an aromatic ring is 1. The predicted octanol–water partition coefficient (Wildman–Crippen LogP) is 2.72. The minimum Gasteiger partial charge on any atom is -0.490 e. The van der Waals surface area contributed by atoms with Crippen molar-refractivity contribution in [1.82, 2.24) is 0 Å². The molecule has 104 valence electrons. The summed E-state index contributed by atoms with van der Waals surface area (Å²) in [5.41, 5.74) is 12.3. The van der Waals surface area contributed by atoms with Crippen LogP contribution < -0.4 is 16.2 Å². The molecule has 0 bridgehead atoms. The highest BCUT2D eigenvalue weighted by Crippen LogP contribution is 2.37. The molecule has 1 fully saturated rings. The Kier molecular flexibility index (Phi) is 3.69. The summed E-state index contributed by atoms with van der Waals surface area (Å²) in [6.07, 6.45) is 4.46. The first-order valence-electron chi connectivity index (χ1n) is 6.73. The molecule has 0 unspecified atom stereocenters. The van der Waals surface area contributed by atoms with Gasteiger partial charge in [0, 0.05) is 5.69 Å². The Morgan fingerprint density at radius 3 is 2.53 bits per heavy atom. The molecule has 4 nitrogen and oxygen atoms in total. The average molecular weight is 262 g/mol. The topological polar surface area (TPSA) is 78.3 Å². The fraction of sp³-hybridized carbons (Fsp3) is 0.533. The van der Waals surface area contributed by atoms with Gasteiger partial charge in [0.2, 0.25) is 0 Å². The molecule has 1 aromatic carbocycles. The van der Waals surface area contributed by atoms with Crippen LogP contribution in [-0.2, 0) is 0 Å². The lowest BCUT2D eigenvalue weighted by Gasteiger charge is -2.34. The lowest BCUT2D eigenvalue weighted by Crippen LogP contribution is -2.29. The fourth-order valence-corrected chi connectivity index (χ4v) is 2.51. The van der Waals surface area contributed by atoms with Crippen LogP contribution in [0.4, 0.5) is 5.69 Å². The quantitative estimate of drug-likeness (QED) is 0.822. The van der Waals surface area contributed by atoms with Gasteiger partial charge in [0.25, 0.3) is 5.91 Å². The maximum atomic E-state index is 11.4. The second-order valence-corrected chi connectivity index (χ2v) is 6.10. The molecule has 0 atom stereocenters. The van der Waals surface area contributed by atoms with Gasteiger partial charge in [-0.1, -0.05) is 13.8 Å². The van der Waals surface area contributed by atoms with Gasteiger partial charge in [0.15, 0.2) is 0 Å². The first-order valence-corrected chi connectivity index (χ1v) is 6.73. The van der Waals surface area contributed by atoms with Crippen molar-refractivity contribution in [3.8, 4) is 5.75 Å². The number of carbonyl (C=O) groups excluding carboxylic acids is 1. The second-order valence-electron chi connectivity index (χ2n) is 6.10. The molecular formula is C15H22N2O2. The molecule has 0 aliphatic heterocycles. The minimum atomic E-state index is -0.501. The van der Waals surface area contributed by atoms with Crippen LogP contribution in [0.3, 0.4) is 0 Å². The molecule has 0 saturated heterocycles. The Bertz CT molecular complexity index is 473. The maximum absolute atomic E-state index is 11.4. The lowest BCUT2D eigenvalue weighted by atomic mass is 9.76. The summed E-state index contributed by atoms with van der Waals surface area (Å²) in [5, 5.41) is 0. The number of nitrogens with two attached hydrogens (primary N) is 2. The average Bonchev–Trinajstić information content (AvgIpc) is 2.33. The molecule has 0 aromatic heterocycles. The SMILES string of the molecule is CC1(C)CCC(Oc2ccc(N)cc2C(N)=O)CC1. The number of carbonyl (C=O) groups is 1. The van der Waals surface area contributed by atoms with E-state index >= 15 is 0 Å². The van der Waals surface area contributed by atoms with Crippen LogP contribution in [0.1, 0.15) is 49.9 Å². The van der Waals surface area contributed by atoms with Crippen LogP contribution in [0.15, 0.2) is 18.2 Å². The number of anilines is 1. The molecule has 0 radical (unpaired) electrons. The Labute approximate surface area is 114 Å². The van der Waals surface area contributed by atoms with Crippen molar-refractivity contribution in [2.75, 3.05) is 5.73 Å². The molecule has 0 spiro atoms. The van der Waals surface area contributed by atoms with Gasteiger partial charge in [-0.15, -0.1) is 0 Å². The van der Waals surface area contributed by atoms with Gasteiger partial charge >= 0.3 is 0 Å². The van der Waals surface area contributed by atoms with Crippen LogP contribution in [0, 0.1) is 5.41 Å². The highest BCUT2D eigenvalue weighted by atomic mass is 16.5. The largest absolute Gasteiger partial charge is 0.490 e. The summed E-state index contributed by atoms with van der Waals surface area (Å²) in [7, 11) is 0. The standard InChI is InChI=1S/C15H22N2O2/c1-15(2)7-5-11(6-8-15)19-13-4-3-10(16)9-12(13)14(17)18/h3-4,9,11H,5-8,16H2,1-2H3,(H2,17,18). The fourth-order valence-electron chi connectivity index (χ4n) is 2.51. The van der Waals surface area contributed by atoms with E-state index in [-0.39, 0.29) is 6.10 Å². The van der Waals surface area contributed by atoms with Gasteiger partial charge in [-0.25, -0.2) is 0 Å². The summed E-state index contributed by atoms with van der Waals surface area (Å²) in [5.74, 6) is 0.0462. The van der Waals surface area contributed by atoms with E-state index < -0.39 is 5.91 Å². The van der Waals surface area contributed by atoms with Crippen molar-refractivity contribution in [3.05, 3.63) is 23.8 Å². The molecule has 2 rings (SSSR count). The number of rotatable bonds is 3. The second kappa shape index (κ2) is 5.11. The highest BCUT2D eigenvalue weighted by Gasteiger charge is 2.28. The third-order valence-electron chi connectivity index (χ3n) is 3.85. The maximum Gasteiger partial charge on any atom is 0.252 e. The van der Waals surface area contributed by atoms with Crippen molar-refractivity contribution in [2.45, 2.75) is 45.6 Å². The van der Waals surface area contributed by atoms with Crippen LogP contribution >= 0.6 is 0 Å². The third-order valence-corrected chi connectivity index (χ3v) is 3.85. The molecule has 19 heavy (non-hydrogen) atoms. The molecular weight excluding hydrogens is 240 g/mol. The van der Waals surface area contributed by atoms with Crippen LogP contribution in [0.5, 0.6) is 5.75 Å². The smallest absolute Gasteiger partial charge is 0.252 e. The number of hydrogen-bond acceptors (Lipinski definition) is 3. The number of hydrogen-bond donors (Lipinski definition) is 2. The van der Waals surface area contributed by atoms with Crippen molar-refractivity contribution in [1.29, 1.82) is 0 Å². The van der Waals surface area contributed by atoms with Crippen molar-refractivity contribution >= 4 is 11.6 Å². The van der Waals surface area contributed by atoms with Crippen molar-refractivity contribution < 1.29 is 9.53 Å². The summed E-state index contributed by atoms with van der Waals surface area (Å²) in [4.78, 5) is 11.4. The zero-order valence-corrected chi connectivity index (χ0v) is 11.6. The number of ether oxygens (including phenoxy) is 1. The van der Waals surface area contributed by atoms with Crippen LogP contribution in [-0.4, -0.2) is 12.0 Å². The van der Waals surface area contributed by atoms with E-state index in [1.54, 1.807) is 18.2 Å². The Hall–Kier alpha value is -1.71. The molecule has 1 saturated carbocycles. The normalized spacial score (nSPS) is 19.1. The van der Waals surface area contributed by atoms with E-state index in [0.29, 0.717) is 22.4 Å². The summed E-state index contributed by atoms with van der Waals surface area (Å²) in [6, 6.07) is 5.04. The molecule has 4 heteroatoms. The highest BCUT2D eigenvalue weighted by molar-refractivity contribution is 5.96. The first kappa shape index (κ1) is 13.7. The van der Waals surface area contributed by atoms with E-state index in [2.05, 4.69) is 13.8 Å². The zero-order valence-electron chi connectivity index (χ0n) is 11.6. The molecule has 1 amide bonds. The monoisotopic (exact) mass is 262 g/mol. The molecule has 0 heterocycles. The first-order chi connectivity index (χ1) is 8.87. The van der Waals surface area contributed by atoms with Crippen LogP contribution in [0.25, 0.3) is 0 Å². The van der Waals surface area contributed by atoms with Gasteiger partial charge in [-0.3, -0.25) is 4.79 Å². The van der Waals surface area contributed by atoms with Crippen molar-refractivity contribution in [3.63, 3.8) is 0 Å². The molecule has 1 aliphatic rings. The number of benzene rings is 1. The lowest BCUT2D eigenvalue weighted by molar-refractivity contribution is 0.0923.